The Bertz CT molecular complexity index is 1810. The summed E-state index contributed by atoms with van der Waals surface area (Å²) in [6.07, 6.45) is 1.18. The maximum absolute atomic E-state index is 14.4. The quantitative estimate of drug-likeness (QED) is 0.283. The van der Waals surface area contributed by atoms with Crippen molar-refractivity contribution in [3.8, 4) is 11.5 Å². The number of ether oxygens (including phenoxy) is 3. The number of halogens is 1. The van der Waals surface area contributed by atoms with E-state index in [4.69, 9.17) is 25.8 Å². The molecule has 4 rings (SSSR count). The summed E-state index contributed by atoms with van der Waals surface area (Å²) in [5.74, 6) is -0.110. The average Bonchev–Trinajstić information content (AvgIpc) is 3.09. The molecule has 1 aliphatic rings. The van der Waals surface area contributed by atoms with Crippen molar-refractivity contribution in [2.45, 2.75) is 68.1 Å². The van der Waals surface area contributed by atoms with Gasteiger partial charge in [-0.05, 0) is 99.8 Å². The van der Waals surface area contributed by atoms with Gasteiger partial charge in [0.25, 0.3) is 15.9 Å². The van der Waals surface area contributed by atoms with Crippen molar-refractivity contribution in [2.75, 3.05) is 45.2 Å². The van der Waals surface area contributed by atoms with E-state index in [0.29, 0.717) is 30.2 Å². The number of carbonyl (C=O) groups is 1. The monoisotopic (exact) mass is 751 g/mol. The maximum atomic E-state index is 14.4. The number of aliphatic hydroxyl groups excluding tert-OH is 1. The Kier molecular flexibility index (Phi) is 13.6. The van der Waals surface area contributed by atoms with Crippen molar-refractivity contribution in [1.82, 2.24) is 9.21 Å². The molecule has 1 aliphatic heterocycles. The van der Waals surface area contributed by atoms with Gasteiger partial charge in [0.05, 0.1) is 47.3 Å². The Morgan fingerprint density at radius 1 is 1.02 bits per heavy atom. The number of amides is 1. The lowest BCUT2D eigenvalue weighted by Crippen LogP contribution is -2.48. The smallest absolute Gasteiger partial charge is 0.261 e. The molecule has 12 nitrogen and oxygen atoms in total. The van der Waals surface area contributed by atoms with E-state index in [9.17, 15) is 26.7 Å². The molecule has 15 heteroatoms. The van der Waals surface area contributed by atoms with Crippen LogP contribution in [0.2, 0.25) is 5.02 Å². The van der Waals surface area contributed by atoms with Crippen molar-refractivity contribution < 1.29 is 40.9 Å². The zero-order valence-electron chi connectivity index (χ0n) is 28.9. The van der Waals surface area contributed by atoms with E-state index in [1.165, 1.54) is 84.0 Å². The van der Waals surface area contributed by atoms with Crippen LogP contribution < -0.4 is 14.2 Å². The first kappa shape index (κ1) is 39.4. The van der Waals surface area contributed by atoms with Gasteiger partial charge >= 0.3 is 0 Å². The summed E-state index contributed by atoms with van der Waals surface area (Å²) < 4.78 is 74.9. The number of sulfonamides is 2. The minimum atomic E-state index is -4.03. The highest BCUT2D eigenvalue weighted by molar-refractivity contribution is 7.92. The zero-order chi connectivity index (χ0) is 36.6. The minimum Gasteiger partial charge on any atom is -0.497 e. The van der Waals surface area contributed by atoms with Gasteiger partial charge in [-0.25, -0.2) is 16.8 Å². The highest BCUT2D eigenvalue weighted by atomic mass is 35.5. The number of hydrogen-bond acceptors (Lipinski definition) is 9. The van der Waals surface area contributed by atoms with Crippen LogP contribution in [0.4, 0.5) is 5.69 Å². The second-order valence-electron chi connectivity index (χ2n) is 12.5. The third kappa shape index (κ3) is 9.89. The summed E-state index contributed by atoms with van der Waals surface area (Å²) in [5, 5.41) is 10.6. The molecule has 1 heterocycles. The number of fused-ring (bicyclic) bond motifs is 1. The van der Waals surface area contributed by atoms with Crippen LogP contribution >= 0.6 is 11.6 Å². The number of carbonyl (C=O) groups excluding carboxylic acids is 1. The van der Waals surface area contributed by atoms with Crippen LogP contribution in [-0.2, 0) is 24.8 Å². The van der Waals surface area contributed by atoms with Gasteiger partial charge in [-0.2, -0.15) is 4.31 Å². The third-order valence-electron chi connectivity index (χ3n) is 8.63. The van der Waals surface area contributed by atoms with Crippen LogP contribution in [0.1, 0.15) is 50.4 Å². The number of rotatable bonds is 10. The molecule has 4 atom stereocenters. The average molecular weight is 752 g/mol. The van der Waals surface area contributed by atoms with E-state index in [-0.39, 0.29) is 58.5 Å². The predicted molar refractivity (Wildman–Crippen MR) is 192 cm³/mol. The third-order valence-corrected chi connectivity index (χ3v) is 12.1. The second kappa shape index (κ2) is 17.2. The molecule has 0 saturated carbocycles. The molecule has 0 fully saturated rings. The summed E-state index contributed by atoms with van der Waals surface area (Å²) >= 11 is 5.98. The fourth-order valence-corrected chi connectivity index (χ4v) is 7.91. The predicted octanol–water partition coefficient (Wildman–Crippen LogP) is 5.27. The van der Waals surface area contributed by atoms with Crippen molar-refractivity contribution in [3.63, 3.8) is 0 Å². The molecule has 0 radical (unpaired) electrons. The summed E-state index contributed by atoms with van der Waals surface area (Å²) in [6.45, 7) is 5.56. The van der Waals surface area contributed by atoms with Gasteiger partial charge in [0.15, 0.2) is 0 Å². The first-order chi connectivity index (χ1) is 23.7. The fraction of sp³-hybridized carbons (Fsp3) is 0.457. The van der Waals surface area contributed by atoms with E-state index >= 15 is 0 Å². The Morgan fingerprint density at radius 3 is 2.32 bits per heavy atom. The number of likely N-dealkylation sites (N-methyl/N-ethyl adjacent to an activating group) is 1. The summed E-state index contributed by atoms with van der Waals surface area (Å²) in [6, 6.07) is 15.7. The van der Waals surface area contributed by atoms with Crippen molar-refractivity contribution in [3.05, 3.63) is 77.3 Å². The highest BCUT2D eigenvalue weighted by Gasteiger charge is 2.32. The van der Waals surface area contributed by atoms with Gasteiger partial charge in [0.1, 0.15) is 11.5 Å². The van der Waals surface area contributed by atoms with E-state index in [1.54, 1.807) is 13.0 Å². The SMILES string of the molecule is COc1ccc(S(=O)(=O)Nc2ccc3c(c2)C(=O)N([C@@H](C)CO)C[C@@H](C)[C@H](CN(C)S(=O)(=O)c2ccc(Cl)cc2)OCCCC[C@H](C)O3)cc1. The number of nitrogens with zero attached hydrogens (tertiary/aromatic N) is 2. The fourth-order valence-electron chi connectivity index (χ4n) is 5.56. The van der Waals surface area contributed by atoms with Crippen LogP contribution in [-0.4, -0.2) is 95.8 Å². The summed E-state index contributed by atoms with van der Waals surface area (Å²) in [4.78, 5) is 16.0. The Balaban J connectivity index is 1.67. The Hall–Kier alpha value is -3.40. The van der Waals surface area contributed by atoms with Gasteiger partial charge in [0, 0.05) is 43.4 Å². The van der Waals surface area contributed by atoms with E-state index < -0.39 is 38.1 Å². The number of hydrogen-bond donors (Lipinski definition) is 2. The molecule has 0 unspecified atom stereocenters. The maximum Gasteiger partial charge on any atom is 0.261 e. The summed E-state index contributed by atoms with van der Waals surface area (Å²) in [5.41, 5.74) is 0.251. The van der Waals surface area contributed by atoms with Crippen LogP contribution in [0.25, 0.3) is 0 Å². The van der Waals surface area contributed by atoms with Crippen molar-refractivity contribution in [1.29, 1.82) is 0 Å². The minimum absolute atomic E-state index is 0.00743. The Morgan fingerprint density at radius 2 is 1.68 bits per heavy atom. The molecule has 1 amide bonds. The molecule has 3 aromatic rings. The molecule has 50 heavy (non-hydrogen) atoms. The number of nitrogens with one attached hydrogen (secondary N) is 1. The molecule has 0 bridgehead atoms. The highest BCUT2D eigenvalue weighted by Crippen LogP contribution is 2.30. The standard InChI is InChI=1S/C35H46ClN3O9S2/c1-24-21-39(25(2)23-40)35(41)32-20-28(37-49(42,43)30-16-12-29(46-5)13-17-30)11-18-33(32)48-26(3)8-6-7-19-47-34(24)22-38(4)50(44,45)31-14-9-27(36)10-15-31/h9-18,20,24-26,34,37,40H,6-8,19,21-23H2,1-5H3/t24-,25+,26+,34+/m1/s1. The van der Waals surface area contributed by atoms with Crippen molar-refractivity contribution >= 4 is 43.2 Å². The van der Waals surface area contributed by atoms with Gasteiger partial charge in [0.2, 0.25) is 10.0 Å². The van der Waals surface area contributed by atoms with Crippen molar-refractivity contribution in [2.24, 2.45) is 5.92 Å². The first-order valence-corrected chi connectivity index (χ1v) is 19.7. The molecule has 0 saturated heterocycles. The molecular formula is C35H46ClN3O9S2. The van der Waals surface area contributed by atoms with Crippen LogP contribution in [0.15, 0.2) is 76.5 Å². The largest absolute Gasteiger partial charge is 0.497 e. The topological polar surface area (TPSA) is 152 Å². The van der Waals surface area contributed by atoms with Gasteiger partial charge in [-0.15, -0.1) is 0 Å². The van der Waals surface area contributed by atoms with Crippen LogP contribution in [0, 0.1) is 5.92 Å². The number of benzene rings is 3. The van der Waals surface area contributed by atoms with Gasteiger partial charge in [-0.3, -0.25) is 9.52 Å². The number of methoxy groups -OCH3 is 1. The second-order valence-corrected chi connectivity index (χ2v) is 16.7. The summed E-state index contributed by atoms with van der Waals surface area (Å²) in [7, 11) is -4.94. The normalized spacial score (nSPS) is 20.4. The Labute approximate surface area is 300 Å². The van der Waals surface area contributed by atoms with Crippen LogP contribution in [0.3, 0.4) is 0 Å². The van der Waals surface area contributed by atoms with E-state index in [2.05, 4.69) is 4.72 Å². The molecule has 2 N–H and O–H groups in total. The molecule has 3 aromatic carbocycles. The molecule has 0 aliphatic carbocycles. The molecular weight excluding hydrogens is 706 g/mol. The molecule has 0 spiro atoms. The lowest BCUT2D eigenvalue weighted by atomic mass is 10.0. The lowest BCUT2D eigenvalue weighted by molar-refractivity contribution is -0.00833. The van der Waals surface area contributed by atoms with Gasteiger partial charge < -0.3 is 24.2 Å². The lowest BCUT2D eigenvalue weighted by Gasteiger charge is -2.35. The molecule has 274 valence electrons. The number of aliphatic hydroxyl groups is 1. The van der Waals surface area contributed by atoms with E-state index in [1.807, 2.05) is 13.8 Å². The van der Waals surface area contributed by atoms with Gasteiger partial charge in [-0.1, -0.05) is 18.5 Å². The van der Waals surface area contributed by atoms with Crippen LogP contribution in [0.5, 0.6) is 11.5 Å². The molecule has 0 aromatic heterocycles. The first-order valence-electron chi connectivity index (χ1n) is 16.4. The number of anilines is 1. The van der Waals surface area contributed by atoms with E-state index in [0.717, 1.165) is 6.42 Å². The zero-order valence-corrected chi connectivity index (χ0v) is 31.3.